The van der Waals surface area contributed by atoms with Gasteiger partial charge in [0.05, 0.1) is 6.57 Å². The number of likely N-dealkylation sites (tertiary alicyclic amines) is 1. The molecule has 0 amide bonds. The van der Waals surface area contributed by atoms with E-state index in [1.165, 1.54) is 6.07 Å². The Bertz CT molecular complexity index is 1070. The Morgan fingerprint density at radius 2 is 2.04 bits per heavy atom. The smallest absolute Gasteiger partial charge is 0.190 e. The molecule has 0 radical (unpaired) electrons. The van der Waals surface area contributed by atoms with E-state index in [-0.39, 0.29) is 5.75 Å². The van der Waals surface area contributed by atoms with Crippen LogP contribution in [0.4, 0.5) is 11.5 Å². The Hall–Kier alpha value is -3.17. The first-order chi connectivity index (χ1) is 13.5. The van der Waals surface area contributed by atoms with Gasteiger partial charge < -0.3 is 15.3 Å². The van der Waals surface area contributed by atoms with Crippen molar-refractivity contribution in [2.45, 2.75) is 25.8 Å². The summed E-state index contributed by atoms with van der Waals surface area (Å²) in [6, 6.07) is 11.4. The van der Waals surface area contributed by atoms with Crippen LogP contribution in [-0.4, -0.2) is 46.4 Å². The summed E-state index contributed by atoms with van der Waals surface area (Å²) >= 11 is 0. The Morgan fingerprint density at radius 1 is 1.18 bits per heavy atom. The first kappa shape index (κ1) is 18.2. The summed E-state index contributed by atoms with van der Waals surface area (Å²) in [5, 5.41) is 24.8. The first-order valence-corrected chi connectivity index (χ1v) is 9.48. The molecule has 1 saturated heterocycles. The highest BCUT2D eigenvalue weighted by Gasteiger charge is 2.20. The maximum atomic E-state index is 10.4. The number of rotatable bonds is 3. The Kier molecular flexibility index (Phi) is 4.84. The van der Waals surface area contributed by atoms with Crippen LogP contribution in [-0.2, 0) is 0 Å². The highest BCUT2D eigenvalue weighted by Crippen LogP contribution is 2.37. The van der Waals surface area contributed by atoms with Crippen molar-refractivity contribution in [3.05, 3.63) is 53.4 Å². The Morgan fingerprint density at radius 3 is 2.79 bits per heavy atom. The number of nitrogens with zero attached hydrogens (tertiary/aromatic N) is 4. The van der Waals surface area contributed by atoms with Crippen LogP contribution in [0.2, 0.25) is 0 Å². The summed E-state index contributed by atoms with van der Waals surface area (Å²) in [6.07, 6.45) is 2.28. The normalized spacial score (nSPS) is 17.4. The second-order valence-electron chi connectivity index (χ2n) is 7.51. The first-order valence-electron chi connectivity index (χ1n) is 9.48. The minimum atomic E-state index is 0.0419. The van der Waals surface area contributed by atoms with Gasteiger partial charge in [-0.15, -0.1) is 10.2 Å². The van der Waals surface area contributed by atoms with E-state index in [0.29, 0.717) is 23.0 Å². The average Bonchev–Trinajstić information content (AvgIpc) is 2.68. The molecule has 1 fully saturated rings. The Balaban J connectivity index is 1.79. The number of piperidine rings is 1. The fourth-order valence-electron chi connectivity index (χ4n) is 3.84. The lowest BCUT2D eigenvalue weighted by molar-refractivity contribution is 0.261. The fraction of sp³-hybridized carbons (Fsp3) is 0.318. The molecule has 4 rings (SSSR count). The van der Waals surface area contributed by atoms with Crippen molar-refractivity contribution in [3.8, 4) is 17.0 Å². The molecule has 1 atom stereocenters. The molecule has 142 valence electrons. The molecule has 0 spiro atoms. The number of anilines is 1. The summed E-state index contributed by atoms with van der Waals surface area (Å²) in [7, 11) is 2.14. The van der Waals surface area contributed by atoms with Gasteiger partial charge in [-0.25, -0.2) is 4.85 Å². The molecule has 1 aliphatic rings. The van der Waals surface area contributed by atoms with E-state index in [0.717, 1.165) is 48.1 Å². The number of aromatic nitrogens is 2. The van der Waals surface area contributed by atoms with E-state index < -0.39 is 0 Å². The van der Waals surface area contributed by atoms with Gasteiger partial charge in [0.2, 0.25) is 0 Å². The molecule has 0 bridgehead atoms. The third-order valence-corrected chi connectivity index (χ3v) is 5.27. The van der Waals surface area contributed by atoms with Gasteiger partial charge in [-0.05, 0) is 45.5 Å². The molecule has 2 N–H and O–H groups in total. The number of hydrogen-bond acceptors (Lipinski definition) is 5. The maximum Gasteiger partial charge on any atom is 0.190 e. The van der Waals surface area contributed by atoms with Crippen LogP contribution < -0.4 is 5.32 Å². The van der Waals surface area contributed by atoms with Crippen LogP contribution in [0.5, 0.6) is 5.75 Å². The van der Waals surface area contributed by atoms with Crippen molar-refractivity contribution in [2.24, 2.45) is 0 Å². The predicted octanol–water partition coefficient (Wildman–Crippen LogP) is 4.37. The van der Waals surface area contributed by atoms with E-state index in [9.17, 15) is 5.11 Å². The summed E-state index contributed by atoms with van der Waals surface area (Å²) < 4.78 is 0. The zero-order chi connectivity index (χ0) is 19.7. The maximum absolute atomic E-state index is 10.4. The number of nitrogens with one attached hydrogen (secondary N) is 1. The van der Waals surface area contributed by atoms with Crippen LogP contribution in [0, 0.1) is 13.5 Å². The van der Waals surface area contributed by atoms with Gasteiger partial charge >= 0.3 is 0 Å². The SMILES string of the molecule is [C-]#[N+]c1ccc(-c2nnc(N[C@@H]3CCCN(C)C3)c3ccc(C)cc23)c(O)c1. The topological polar surface area (TPSA) is 65.6 Å². The third-order valence-electron chi connectivity index (χ3n) is 5.27. The van der Waals surface area contributed by atoms with Gasteiger partial charge in [0.25, 0.3) is 0 Å². The second kappa shape index (κ2) is 7.45. The Labute approximate surface area is 164 Å². The number of fused-ring (bicyclic) bond motifs is 1. The van der Waals surface area contributed by atoms with Gasteiger partial charge in [0.15, 0.2) is 11.5 Å². The standard InChI is InChI=1S/C22H23N5O/c1-14-6-8-17-19(11-14)21(18-9-7-15(23-2)12-20(18)28)25-26-22(17)24-16-5-4-10-27(3)13-16/h6-9,11-12,16,28H,4-5,10,13H2,1,3H3,(H,24,26)/t16-/m1/s1. The summed E-state index contributed by atoms with van der Waals surface area (Å²) in [5.41, 5.74) is 2.72. The number of aromatic hydroxyl groups is 1. The van der Waals surface area contributed by atoms with E-state index in [2.05, 4.69) is 50.5 Å². The van der Waals surface area contributed by atoms with Gasteiger partial charge in [0, 0.05) is 28.9 Å². The van der Waals surface area contributed by atoms with E-state index >= 15 is 0 Å². The predicted molar refractivity (Wildman–Crippen MR) is 112 cm³/mol. The molecule has 3 aromatic rings. The number of benzene rings is 2. The molecule has 28 heavy (non-hydrogen) atoms. The number of aryl methyl sites for hydroxylation is 1. The van der Waals surface area contributed by atoms with Gasteiger partial charge in [0.1, 0.15) is 11.4 Å². The minimum absolute atomic E-state index is 0.0419. The quantitative estimate of drug-likeness (QED) is 0.668. The van der Waals surface area contributed by atoms with E-state index in [1.54, 1.807) is 12.1 Å². The van der Waals surface area contributed by atoms with Crippen LogP contribution in [0.25, 0.3) is 26.9 Å². The lowest BCUT2D eigenvalue weighted by atomic mass is 10.0. The van der Waals surface area contributed by atoms with Crippen LogP contribution in [0.15, 0.2) is 36.4 Å². The molecule has 0 unspecified atom stereocenters. The lowest BCUT2D eigenvalue weighted by Crippen LogP contribution is -2.40. The zero-order valence-electron chi connectivity index (χ0n) is 16.1. The highest BCUT2D eigenvalue weighted by atomic mass is 16.3. The minimum Gasteiger partial charge on any atom is -0.509 e. The third kappa shape index (κ3) is 3.49. The molecule has 6 heteroatoms. The second-order valence-corrected chi connectivity index (χ2v) is 7.51. The summed E-state index contributed by atoms with van der Waals surface area (Å²) in [5.74, 6) is 0.816. The molecule has 2 heterocycles. The van der Waals surface area contributed by atoms with Gasteiger partial charge in [-0.2, -0.15) is 0 Å². The van der Waals surface area contributed by atoms with Crippen LogP contribution in [0.1, 0.15) is 18.4 Å². The zero-order valence-corrected chi connectivity index (χ0v) is 16.1. The molecule has 1 aromatic heterocycles. The van der Waals surface area contributed by atoms with Gasteiger partial charge in [-0.1, -0.05) is 29.8 Å². The summed E-state index contributed by atoms with van der Waals surface area (Å²) in [6.45, 7) is 11.3. The fourth-order valence-corrected chi connectivity index (χ4v) is 3.84. The van der Waals surface area contributed by atoms with Crippen molar-refractivity contribution in [1.82, 2.24) is 15.1 Å². The number of hydrogen-bond donors (Lipinski definition) is 2. The average molecular weight is 373 g/mol. The summed E-state index contributed by atoms with van der Waals surface area (Å²) in [4.78, 5) is 5.69. The molecule has 0 saturated carbocycles. The number of phenolic OH excluding ortho intramolecular Hbond substituents is 1. The number of likely N-dealkylation sites (N-methyl/N-ethyl adjacent to an activating group) is 1. The van der Waals surface area contributed by atoms with Crippen molar-refractivity contribution < 1.29 is 5.11 Å². The van der Waals surface area contributed by atoms with E-state index in [4.69, 9.17) is 6.57 Å². The molecular formula is C22H23N5O. The van der Waals surface area contributed by atoms with E-state index in [1.807, 2.05) is 6.92 Å². The monoisotopic (exact) mass is 373 g/mol. The number of phenols is 1. The lowest BCUT2D eigenvalue weighted by Gasteiger charge is -2.30. The molecular weight excluding hydrogens is 350 g/mol. The van der Waals surface area contributed by atoms with Crippen LogP contribution >= 0.6 is 0 Å². The van der Waals surface area contributed by atoms with Crippen molar-refractivity contribution in [3.63, 3.8) is 0 Å². The molecule has 0 aliphatic carbocycles. The van der Waals surface area contributed by atoms with Gasteiger partial charge in [-0.3, -0.25) is 0 Å². The van der Waals surface area contributed by atoms with Crippen molar-refractivity contribution in [2.75, 3.05) is 25.5 Å². The van der Waals surface area contributed by atoms with Crippen molar-refractivity contribution in [1.29, 1.82) is 0 Å². The highest BCUT2D eigenvalue weighted by molar-refractivity contribution is 6.01. The van der Waals surface area contributed by atoms with Crippen molar-refractivity contribution >= 4 is 22.3 Å². The molecule has 2 aromatic carbocycles. The molecule has 1 aliphatic heterocycles. The largest absolute Gasteiger partial charge is 0.509 e. The van der Waals surface area contributed by atoms with Crippen LogP contribution in [0.3, 0.4) is 0 Å². The molecule has 6 nitrogen and oxygen atoms in total.